The first kappa shape index (κ1) is 23.0. The van der Waals surface area contributed by atoms with Crippen LogP contribution in [0, 0.1) is 0 Å². The Morgan fingerprint density at radius 3 is 2.50 bits per heavy atom. The lowest BCUT2D eigenvalue weighted by Gasteiger charge is -2.29. The Morgan fingerprint density at radius 2 is 1.76 bits per heavy atom. The largest absolute Gasteiger partial charge is 0.463 e. The van der Waals surface area contributed by atoms with Crippen molar-refractivity contribution in [3.63, 3.8) is 0 Å². The molecule has 2 heterocycles. The molecule has 1 aromatic heterocycles. The summed E-state index contributed by atoms with van der Waals surface area (Å²) < 4.78 is 12.5. The minimum atomic E-state index is -0.730. The summed E-state index contributed by atoms with van der Waals surface area (Å²) in [5, 5.41) is 5.35. The number of amides is 2. The molecule has 0 fully saturated rings. The van der Waals surface area contributed by atoms with Crippen molar-refractivity contribution in [2.45, 2.75) is 32.9 Å². The van der Waals surface area contributed by atoms with E-state index in [0.717, 1.165) is 16.9 Å². The molecule has 0 spiro atoms. The highest BCUT2D eigenvalue weighted by molar-refractivity contribution is 5.95. The van der Waals surface area contributed by atoms with Gasteiger partial charge in [-0.25, -0.2) is 14.6 Å². The van der Waals surface area contributed by atoms with Gasteiger partial charge in [0.25, 0.3) is 0 Å². The van der Waals surface area contributed by atoms with Crippen molar-refractivity contribution in [2.24, 2.45) is 0 Å². The van der Waals surface area contributed by atoms with Crippen molar-refractivity contribution in [1.82, 2.24) is 20.2 Å². The van der Waals surface area contributed by atoms with Gasteiger partial charge in [-0.2, -0.15) is 0 Å². The lowest BCUT2D eigenvalue weighted by atomic mass is 9.95. The van der Waals surface area contributed by atoms with Crippen LogP contribution in [0.15, 0.2) is 65.9 Å². The van der Waals surface area contributed by atoms with Crippen LogP contribution in [0.5, 0.6) is 0 Å². The minimum Gasteiger partial charge on any atom is -0.463 e. The van der Waals surface area contributed by atoms with E-state index in [1.807, 2.05) is 54.0 Å². The van der Waals surface area contributed by atoms with Crippen LogP contribution in [0.1, 0.15) is 31.3 Å². The predicted octanol–water partition coefficient (Wildman–Crippen LogP) is 3.01. The lowest BCUT2D eigenvalue weighted by molar-refractivity contribution is -0.144. The van der Waals surface area contributed by atoms with E-state index in [1.54, 1.807) is 19.1 Å². The second-order valence-corrected chi connectivity index (χ2v) is 7.67. The van der Waals surface area contributed by atoms with Crippen LogP contribution < -0.4 is 10.6 Å². The molecule has 0 aliphatic carbocycles. The number of urea groups is 1. The molecule has 0 saturated carbocycles. The van der Waals surface area contributed by atoms with E-state index in [9.17, 15) is 14.4 Å². The second-order valence-electron chi connectivity index (χ2n) is 7.67. The third kappa shape index (κ3) is 4.78. The first-order chi connectivity index (χ1) is 16.5. The van der Waals surface area contributed by atoms with Gasteiger partial charge in [0, 0.05) is 6.42 Å². The molecular formula is C25H26N4O5. The van der Waals surface area contributed by atoms with Crippen LogP contribution in [-0.2, 0) is 32.0 Å². The molecule has 2 aromatic carbocycles. The number of nitrogens with one attached hydrogen (secondary N) is 2. The van der Waals surface area contributed by atoms with Gasteiger partial charge in [0.1, 0.15) is 19.0 Å². The Hall–Kier alpha value is -4.14. The van der Waals surface area contributed by atoms with Crippen LogP contribution in [0.3, 0.4) is 0 Å². The Kier molecular flexibility index (Phi) is 6.91. The normalized spacial score (nSPS) is 15.6. The number of hydrogen-bond acceptors (Lipinski definition) is 6. The number of fused-ring (bicyclic) bond motifs is 1. The number of hydrogen-bond donors (Lipinski definition) is 2. The van der Waals surface area contributed by atoms with Crippen LogP contribution in [-0.4, -0.2) is 40.7 Å². The molecule has 2 N–H and O–H groups in total. The third-order valence-electron chi connectivity index (χ3n) is 5.50. The molecule has 0 saturated heterocycles. The summed E-state index contributed by atoms with van der Waals surface area (Å²) in [4.78, 5) is 42.5. The zero-order valence-electron chi connectivity index (χ0n) is 19.0. The highest BCUT2D eigenvalue weighted by Crippen LogP contribution is 2.28. The van der Waals surface area contributed by atoms with Crippen LogP contribution in [0.2, 0.25) is 0 Å². The molecular weight excluding hydrogens is 436 g/mol. The van der Waals surface area contributed by atoms with Gasteiger partial charge in [-0.05, 0) is 24.6 Å². The quantitative estimate of drug-likeness (QED) is 0.498. The number of nitrogens with zero attached hydrogens (tertiary/aromatic N) is 2. The number of carbonyl (C=O) groups is 3. The summed E-state index contributed by atoms with van der Waals surface area (Å²) in [7, 11) is 0. The smallest absolute Gasteiger partial charge is 0.338 e. The Bertz CT molecular complexity index is 1250. The molecule has 4 rings (SSSR count). The average molecular weight is 463 g/mol. The van der Waals surface area contributed by atoms with Gasteiger partial charge in [0.05, 0.1) is 35.0 Å². The maximum Gasteiger partial charge on any atom is 0.338 e. The molecule has 1 aliphatic rings. The van der Waals surface area contributed by atoms with Gasteiger partial charge in [-0.15, -0.1) is 0 Å². The first-order valence-corrected chi connectivity index (χ1v) is 11.1. The number of carbonyl (C=O) groups excluding carboxylic acids is 3. The fourth-order valence-electron chi connectivity index (χ4n) is 3.98. The van der Waals surface area contributed by atoms with Crippen molar-refractivity contribution in [1.29, 1.82) is 0 Å². The summed E-state index contributed by atoms with van der Waals surface area (Å²) in [5.74, 6) is -0.342. The molecule has 1 aliphatic heterocycles. The summed E-state index contributed by atoms with van der Waals surface area (Å²) in [5.41, 5.74) is 2.73. The molecule has 0 bridgehead atoms. The summed E-state index contributed by atoms with van der Waals surface area (Å²) >= 11 is 0. The highest BCUT2D eigenvalue weighted by atomic mass is 16.5. The van der Waals surface area contributed by atoms with Crippen molar-refractivity contribution >= 4 is 29.0 Å². The fraction of sp³-hybridized carbons (Fsp3) is 0.280. The van der Waals surface area contributed by atoms with Gasteiger partial charge in [-0.1, -0.05) is 49.4 Å². The highest BCUT2D eigenvalue weighted by Gasteiger charge is 2.34. The number of aromatic nitrogens is 2. The molecule has 176 valence electrons. The number of aryl methyl sites for hydroxylation is 1. The molecule has 1 unspecified atom stereocenters. The number of para-hydroxylation sites is 2. The van der Waals surface area contributed by atoms with E-state index in [4.69, 9.17) is 9.47 Å². The number of benzene rings is 2. The lowest BCUT2D eigenvalue weighted by Crippen LogP contribution is -2.47. The molecule has 3 aromatic rings. The minimum absolute atomic E-state index is 0.0417. The molecule has 1 atom stereocenters. The zero-order chi connectivity index (χ0) is 24.1. The van der Waals surface area contributed by atoms with Crippen molar-refractivity contribution in [3.8, 4) is 0 Å². The molecule has 0 radical (unpaired) electrons. The number of imidazole rings is 1. The van der Waals surface area contributed by atoms with Crippen molar-refractivity contribution in [2.75, 3.05) is 13.2 Å². The predicted molar refractivity (Wildman–Crippen MR) is 125 cm³/mol. The zero-order valence-corrected chi connectivity index (χ0v) is 19.0. The molecule has 9 nitrogen and oxygen atoms in total. The van der Waals surface area contributed by atoms with Crippen LogP contribution in [0.25, 0.3) is 11.0 Å². The summed E-state index contributed by atoms with van der Waals surface area (Å²) in [6.07, 6.45) is 0.653. The Morgan fingerprint density at radius 1 is 1.03 bits per heavy atom. The van der Waals surface area contributed by atoms with E-state index in [2.05, 4.69) is 15.6 Å². The fourth-order valence-corrected chi connectivity index (χ4v) is 3.98. The topological polar surface area (TPSA) is 112 Å². The van der Waals surface area contributed by atoms with Crippen LogP contribution in [0.4, 0.5) is 4.79 Å². The van der Waals surface area contributed by atoms with E-state index in [-0.39, 0.29) is 31.0 Å². The Balaban J connectivity index is 1.58. The third-order valence-corrected chi connectivity index (χ3v) is 5.50. The van der Waals surface area contributed by atoms with Gasteiger partial charge in [-0.3, -0.25) is 4.79 Å². The number of ether oxygens (including phenoxy) is 2. The van der Waals surface area contributed by atoms with E-state index < -0.39 is 24.0 Å². The number of esters is 2. The second kappa shape index (κ2) is 10.2. The van der Waals surface area contributed by atoms with E-state index >= 15 is 0 Å². The van der Waals surface area contributed by atoms with Crippen LogP contribution >= 0.6 is 0 Å². The molecule has 9 heteroatoms. The van der Waals surface area contributed by atoms with Gasteiger partial charge >= 0.3 is 18.0 Å². The van der Waals surface area contributed by atoms with Gasteiger partial charge in [0.2, 0.25) is 0 Å². The van der Waals surface area contributed by atoms with Crippen molar-refractivity contribution < 1.29 is 23.9 Å². The van der Waals surface area contributed by atoms with Gasteiger partial charge < -0.3 is 24.7 Å². The van der Waals surface area contributed by atoms with E-state index in [1.165, 1.54) is 0 Å². The average Bonchev–Trinajstić information content (AvgIpc) is 3.20. The molecule has 2 amide bonds. The van der Waals surface area contributed by atoms with Crippen molar-refractivity contribution in [3.05, 3.63) is 77.3 Å². The SMILES string of the molecule is CCOC(=O)C1=C(COC(=O)Cn2c(CC)nc3ccccc32)NC(=O)NC1c1ccccc1. The summed E-state index contributed by atoms with van der Waals surface area (Å²) in [6.45, 7) is 3.51. The Labute approximate surface area is 196 Å². The maximum atomic E-state index is 12.8. The number of rotatable bonds is 8. The first-order valence-electron chi connectivity index (χ1n) is 11.1. The molecule has 34 heavy (non-hydrogen) atoms. The van der Waals surface area contributed by atoms with E-state index in [0.29, 0.717) is 12.0 Å². The maximum absolute atomic E-state index is 12.8. The summed E-state index contributed by atoms with van der Waals surface area (Å²) in [6, 6.07) is 15.4. The van der Waals surface area contributed by atoms with Gasteiger partial charge in [0.15, 0.2) is 0 Å². The standard InChI is InChI=1S/C25H26N4O5/c1-3-20-26-17-12-8-9-13-19(17)29(20)14-21(30)34-15-18-22(24(31)33-4-2)23(28-25(32)27-18)16-10-6-5-7-11-16/h5-13,23H,3-4,14-15H2,1-2H3,(H2,27,28,32). The monoisotopic (exact) mass is 462 g/mol.